The molecule has 3 rings (SSSR count). The summed E-state index contributed by atoms with van der Waals surface area (Å²) in [6, 6.07) is 13.7. The Morgan fingerprint density at radius 2 is 2.07 bits per heavy atom. The summed E-state index contributed by atoms with van der Waals surface area (Å²) in [5, 5.41) is 9.08. The van der Waals surface area contributed by atoms with Crippen molar-refractivity contribution in [2.75, 3.05) is 26.3 Å². The van der Waals surface area contributed by atoms with E-state index in [1.807, 2.05) is 0 Å². The highest BCUT2D eigenvalue weighted by Gasteiger charge is 2.31. The average Bonchev–Trinajstić information content (AvgIpc) is 2.76. The van der Waals surface area contributed by atoms with Crippen LogP contribution < -0.4 is 4.74 Å². The minimum absolute atomic E-state index is 0.0244. The molecule has 0 aromatic heterocycles. The summed E-state index contributed by atoms with van der Waals surface area (Å²) in [5.41, 5.74) is 0.461. The van der Waals surface area contributed by atoms with Gasteiger partial charge in [-0.15, -0.1) is 0 Å². The molecule has 5 nitrogen and oxygen atoms in total. The number of nitrogens with zero attached hydrogens (tertiary/aromatic N) is 2. The molecule has 2 unspecified atom stereocenters. The Balaban J connectivity index is 1.62. The standard InChI is InChI=1S/C22H21F3N2O3/c1-15(12-26)16-4-2-5-17(10-16)21(28)27-8-9-29-20(13-27)14-30-19-7-3-6-18(11-19)22(23,24)25/h2-7,10-11,15,20H,8-9,13-14H2,1H3. The minimum atomic E-state index is -4.44. The van der Waals surface area contributed by atoms with Crippen LogP contribution in [0.5, 0.6) is 5.75 Å². The molecule has 0 bridgehead atoms. The maximum atomic E-state index is 12.9. The number of nitriles is 1. The van der Waals surface area contributed by atoms with E-state index in [0.29, 0.717) is 18.7 Å². The number of carbonyl (C=O) groups is 1. The van der Waals surface area contributed by atoms with E-state index in [4.69, 9.17) is 14.7 Å². The number of hydrogen-bond acceptors (Lipinski definition) is 4. The molecule has 2 atom stereocenters. The lowest BCUT2D eigenvalue weighted by atomic mass is 10.00. The summed E-state index contributed by atoms with van der Waals surface area (Å²) in [4.78, 5) is 14.5. The van der Waals surface area contributed by atoms with Crippen molar-refractivity contribution in [2.45, 2.75) is 25.1 Å². The molecule has 0 saturated carbocycles. The molecule has 0 spiro atoms. The Kier molecular flexibility index (Phi) is 6.63. The molecule has 0 N–H and O–H groups in total. The Labute approximate surface area is 172 Å². The first kappa shape index (κ1) is 21.7. The second-order valence-electron chi connectivity index (χ2n) is 7.06. The lowest BCUT2D eigenvalue weighted by Gasteiger charge is -2.33. The highest BCUT2D eigenvalue weighted by Crippen LogP contribution is 2.31. The summed E-state index contributed by atoms with van der Waals surface area (Å²) >= 11 is 0. The lowest BCUT2D eigenvalue weighted by Crippen LogP contribution is -2.47. The van der Waals surface area contributed by atoms with E-state index >= 15 is 0 Å². The van der Waals surface area contributed by atoms with Crippen molar-refractivity contribution < 1.29 is 27.4 Å². The molecule has 2 aromatic rings. The minimum Gasteiger partial charge on any atom is -0.491 e. The van der Waals surface area contributed by atoms with Gasteiger partial charge >= 0.3 is 6.18 Å². The van der Waals surface area contributed by atoms with Crippen LogP contribution in [-0.2, 0) is 10.9 Å². The number of amides is 1. The van der Waals surface area contributed by atoms with E-state index in [9.17, 15) is 18.0 Å². The molecule has 1 aliphatic rings. The van der Waals surface area contributed by atoms with Crippen LogP contribution >= 0.6 is 0 Å². The van der Waals surface area contributed by atoms with Crippen molar-refractivity contribution in [3.8, 4) is 11.8 Å². The largest absolute Gasteiger partial charge is 0.491 e. The van der Waals surface area contributed by atoms with Gasteiger partial charge in [0.1, 0.15) is 18.5 Å². The zero-order valence-electron chi connectivity index (χ0n) is 16.4. The number of halogens is 3. The first-order valence-corrected chi connectivity index (χ1v) is 9.48. The van der Waals surface area contributed by atoms with Crippen LogP contribution in [0.4, 0.5) is 13.2 Å². The van der Waals surface area contributed by atoms with Gasteiger partial charge in [-0.2, -0.15) is 18.4 Å². The number of benzene rings is 2. The zero-order valence-corrected chi connectivity index (χ0v) is 16.4. The van der Waals surface area contributed by atoms with Crippen molar-refractivity contribution in [3.63, 3.8) is 0 Å². The number of alkyl halides is 3. The molecule has 1 fully saturated rings. The highest BCUT2D eigenvalue weighted by molar-refractivity contribution is 5.94. The van der Waals surface area contributed by atoms with Gasteiger partial charge in [0, 0.05) is 12.1 Å². The van der Waals surface area contributed by atoms with Crippen molar-refractivity contribution in [3.05, 3.63) is 65.2 Å². The molecular weight excluding hydrogens is 397 g/mol. The number of hydrogen-bond donors (Lipinski definition) is 0. The highest BCUT2D eigenvalue weighted by atomic mass is 19.4. The van der Waals surface area contributed by atoms with Crippen molar-refractivity contribution in [1.82, 2.24) is 4.90 Å². The maximum absolute atomic E-state index is 12.9. The number of morpholine rings is 1. The van der Waals surface area contributed by atoms with Crippen LogP contribution in [0.25, 0.3) is 0 Å². The molecular formula is C22H21F3N2O3. The summed E-state index contributed by atoms with van der Waals surface area (Å²) in [5.74, 6) is -0.416. The quantitative estimate of drug-likeness (QED) is 0.728. The molecule has 158 valence electrons. The monoisotopic (exact) mass is 418 g/mol. The first-order valence-electron chi connectivity index (χ1n) is 9.48. The molecule has 1 amide bonds. The normalized spacial score (nSPS) is 17.8. The molecule has 1 heterocycles. The predicted molar refractivity (Wildman–Crippen MR) is 103 cm³/mol. The van der Waals surface area contributed by atoms with Gasteiger partial charge in [-0.25, -0.2) is 0 Å². The van der Waals surface area contributed by atoms with E-state index in [1.54, 1.807) is 36.1 Å². The van der Waals surface area contributed by atoms with Gasteiger partial charge in [-0.05, 0) is 42.8 Å². The number of rotatable bonds is 5. The predicted octanol–water partition coefficient (Wildman–Crippen LogP) is 4.25. The summed E-state index contributed by atoms with van der Waals surface area (Å²) in [6.07, 6.45) is -4.90. The van der Waals surface area contributed by atoms with Gasteiger partial charge in [-0.1, -0.05) is 18.2 Å². The average molecular weight is 418 g/mol. The number of ether oxygens (including phenoxy) is 2. The van der Waals surface area contributed by atoms with Crippen molar-refractivity contribution >= 4 is 5.91 Å². The molecule has 0 aliphatic carbocycles. The Hall–Kier alpha value is -3.05. The van der Waals surface area contributed by atoms with Gasteiger partial charge in [0.2, 0.25) is 0 Å². The van der Waals surface area contributed by atoms with Crippen molar-refractivity contribution in [1.29, 1.82) is 5.26 Å². The smallest absolute Gasteiger partial charge is 0.416 e. The van der Waals surface area contributed by atoms with Crippen LogP contribution in [-0.4, -0.2) is 43.2 Å². The number of carbonyl (C=O) groups excluding carboxylic acids is 1. The van der Waals surface area contributed by atoms with Gasteiger partial charge in [0.25, 0.3) is 5.91 Å². The van der Waals surface area contributed by atoms with Crippen LogP contribution in [0, 0.1) is 11.3 Å². The fourth-order valence-electron chi connectivity index (χ4n) is 3.15. The second-order valence-corrected chi connectivity index (χ2v) is 7.06. The fraction of sp³-hybridized carbons (Fsp3) is 0.364. The van der Waals surface area contributed by atoms with Crippen LogP contribution in [0.15, 0.2) is 48.5 Å². The van der Waals surface area contributed by atoms with E-state index in [-0.39, 0.29) is 30.7 Å². The topological polar surface area (TPSA) is 62.6 Å². The maximum Gasteiger partial charge on any atom is 0.416 e. The summed E-state index contributed by atoms with van der Waals surface area (Å²) in [7, 11) is 0. The van der Waals surface area contributed by atoms with Crippen molar-refractivity contribution in [2.24, 2.45) is 0 Å². The summed E-state index contributed by atoms with van der Waals surface area (Å²) < 4.78 is 49.6. The third kappa shape index (κ3) is 5.30. The Bertz CT molecular complexity index is 940. The third-order valence-electron chi connectivity index (χ3n) is 4.85. The fourth-order valence-corrected chi connectivity index (χ4v) is 3.15. The van der Waals surface area contributed by atoms with Crippen LogP contribution in [0.1, 0.15) is 34.3 Å². The summed E-state index contributed by atoms with van der Waals surface area (Å²) in [6.45, 7) is 2.75. The van der Waals surface area contributed by atoms with E-state index in [2.05, 4.69) is 6.07 Å². The van der Waals surface area contributed by atoms with Crippen LogP contribution in [0.2, 0.25) is 0 Å². The molecule has 8 heteroatoms. The Morgan fingerprint density at radius 3 is 2.80 bits per heavy atom. The molecule has 1 aliphatic heterocycles. The molecule has 0 radical (unpaired) electrons. The molecule has 30 heavy (non-hydrogen) atoms. The van der Waals surface area contributed by atoms with E-state index in [0.717, 1.165) is 17.7 Å². The zero-order chi connectivity index (χ0) is 21.7. The molecule has 2 aromatic carbocycles. The van der Waals surface area contributed by atoms with E-state index < -0.39 is 17.8 Å². The van der Waals surface area contributed by atoms with Crippen LogP contribution in [0.3, 0.4) is 0 Å². The first-order chi connectivity index (χ1) is 14.3. The van der Waals surface area contributed by atoms with Gasteiger partial charge < -0.3 is 14.4 Å². The third-order valence-corrected chi connectivity index (χ3v) is 4.85. The SMILES string of the molecule is CC(C#N)c1cccc(C(=O)N2CCOC(COc3cccc(C(F)(F)F)c3)C2)c1. The molecule has 1 saturated heterocycles. The van der Waals surface area contributed by atoms with Gasteiger partial charge in [-0.3, -0.25) is 4.79 Å². The van der Waals surface area contributed by atoms with Gasteiger partial charge in [0.15, 0.2) is 0 Å². The lowest BCUT2D eigenvalue weighted by molar-refractivity contribution is -0.137. The Morgan fingerprint density at radius 1 is 1.30 bits per heavy atom. The second kappa shape index (κ2) is 9.18. The van der Waals surface area contributed by atoms with E-state index in [1.165, 1.54) is 12.1 Å². The van der Waals surface area contributed by atoms with Gasteiger partial charge in [0.05, 0.1) is 30.7 Å².